The highest BCUT2D eigenvalue weighted by Gasteiger charge is 2.29. The predicted octanol–water partition coefficient (Wildman–Crippen LogP) is 3.30. The Bertz CT molecular complexity index is 414. The van der Waals surface area contributed by atoms with Crippen molar-refractivity contribution >= 4 is 21.8 Å². The topological polar surface area (TPSA) is 42.0 Å². The molecule has 2 rings (SSSR count). The van der Waals surface area contributed by atoms with Gasteiger partial charge in [0.1, 0.15) is 4.60 Å². The molecule has 0 aliphatic heterocycles. The van der Waals surface area contributed by atoms with Gasteiger partial charge in [-0.2, -0.15) is 0 Å². The Morgan fingerprint density at radius 3 is 2.76 bits per heavy atom. The first-order chi connectivity index (χ1) is 8.11. The van der Waals surface area contributed by atoms with Crippen molar-refractivity contribution in [1.82, 2.24) is 10.3 Å². The van der Waals surface area contributed by atoms with Gasteiger partial charge in [0.05, 0.1) is 5.56 Å². The maximum atomic E-state index is 12.2. The van der Waals surface area contributed by atoms with E-state index in [2.05, 4.69) is 33.2 Å². The van der Waals surface area contributed by atoms with Gasteiger partial charge in [-0.15, -0.1) is 0 Å². The van der Waals surface area contributed by atoms with Gasteiger partial charge >= 0.3 is 0 Å². The normalized spacial score (nSPS) is 18.7. The number of carbonyl (C=O) groups excluding carboxylic acids is 1. The summed E-state index contributed by atoms with van der Waals surface area (Å²) in [6.45, 7) is 2.13. The zero-order chi connectivity index (χ0) is 12.3. The lowest BCUT2D eigenvalue weighted by atomic mass is 9.83. The molecule has 1 aromatic heterocycles. The van der Waals surface area contributed by atoms with E-state index in [1.807, 2.05) is 0 Å². The Morgan fingerprint density at radius 1 is 1.41 bits per heavy atom. The van der Waals surface area contributed by atoms with E-state index in [-0.39, 0.29) is 11.4 Å². The van der Waals surface area contributed by atoms with Gasteiger partial charge in [0.2, 0.25) is 0 Å². The van der Waals surface area contributed by atoms with Gasteiger partial charge < -0.3 is 5.32 Å². The van der Waals surface area contributed by atoms with Crippen LogP contribution >= 0.6 is 15.9 Å². The van der Waals surface area contributed by atoms with E-state index in [1.54, 1.807) is 18.3 Å². The maximum Gasteiger partial charge on any atom is 0.254 e. The number of carbonyl (C=O) groups is 1. The first-order valence-corrected chi connectivity index (χ1v) is 6.83. The molecule has 1 aromatic rings. The summed E-state index contributed by atoms with van der Waals surface area (Å²) in [4.78, 5) is 16.2. The monoisotopic (exact) mass is 296 g/mol. The van der Waals surface area contributed by atoms with Gasteiger partial charge in [-0.1, -0.05) is 19.3 Å². The van der Waals surface area contributed by atoms with Crippen LogP contribution in [0.3, 0.4) is 0 Å². The summed E-state index contributed by atoms with van der Waals surface area (Å²) in [6.07, 6.45) is 7.48. The van der Waals surface area contributed by atoms with Crippen LogP contribution in [0.4, 0.5) is 0 Å². The van der Waals surface area contributed by atoms with Crippen LogP contribution in [0.1, 0.15) is 49.4 Å². The second-order valence-electron chi connectivity index (χ2n) is 4.92. The molecule has 1 fully saturated rings. The summed E-state index contributed by atoms with van der Waals surface area (Å²) in [6, 6.07) is 3.57. The Kier molecular flexibility index (Phi) is 3.82. The summed E-state index contributed by atoms with van der Waals surface area (Å²) in [5.74, 6) is -0.0330. The van der Waals surface area contributed by atoms with Crippen molar-refractivity contribution in [2.24, 2.45) is 0 Å². The SMILES string of the molecule is CC1(NC(=O)c2cccnc2Br)CCCCC1. The van der Waals surface area contributed by atoms with Crippen LogP contribution in [-0.2, 0) is 0 Å². The van der Waals surface area contributed by atoms with E-state index in [9.17, 15) is 4.79 Å². The summed E-state index contributed by atoms with van der Waals surface area (Å²) in [7, 11) is 0. The molecule has 92 valence electrons. The third-order valence-electron chi connectivity index (χ3n) is 3.38. The van der Waals surface area contributed by atoms with Crippen LogP contribution in [0, 0.1) is 0 Å². The molecular weight excluding hydrogens is 280 g/mol. The van der Waals surface area contributed by atoms with Crippen molar-refractivity contribution in [3.05, 3.63) is 28.5 Å². The molecule has 1 heterocycles. The number of hydrogen-bond donors (Lipinski definition) is 1. The average Bonchev–Trinajstić information content (AvgIpc) is 2.29. The quantitative estimate of drug-likeness (QED) is 0.851. The molecule has 0 bridgehead atoms. The second kappa shape index (κ2) is 5.17. The fraction of sp³-hybridized carbons (Fsp3) is 0.538. The molecule has 4 heteroatoms. The van der Waals surface area contributed by atoms with E-state index in [1.165, 1.54) is 19.3 Å². The molecule has 0 unspecified atom stereocenters. The number of halogens is 1. The molecule has 0 radical (unpaired) electrons. The van der Waals surface area contributed by atoms with E-state index >= 15 is 0 Å². The minimum absolute atomic E-state index is 0.0330. The molecule has 1 aliphatic rings. The maximum absolute atomic E-state index is 12.2. The van der Waals surface area contributed by atoms with Crippen LogP contribution in [0.25, 0.3) is 0 Å². The Labute approximate surface area is 110 Å². The lowest BCUT2D eigenvalue weighted by Crippen LogP contribution is -2.47. The van der Waals surface area contributed by atoms with Crippen molar-refractivity contribution in [2.75, 3.05) is 0 Å². The van der Waals surface area contributed by atoms with Gasteiger partial charge in [-0.05, 0) is 47.8 Å². The number of nitrogens with zero attached hydrogens (tertiary/aromatic N) is 1. The Morgan fingerprint density at radius 2 is 2.12 bits per heavy atom. The third-order valence-corrected chi connectivity index (χ3v) is 4.01. The number of rotatable bonds is 2. The van der Waals surface area contributed by atoms with Gasteiger partial charge in [0.15, 0.2) is 0 Å². The highest BCUT2D eigenvalue weighted by molar-refractivity contribution is 9.10. The molecule has 0 aromatic carbocycles. The largest absolute Gasteiger partial charge is 0.347 e. The minimum Gasteiger partial charge on any atom is -0.347 e. The van der Waals surface area contributed by atoms with Crippen molar-refractivity contribution in [3.8, 4) is 0 Å². The number of aromatic nitrogens is 1. The van der Waals surface area contributed by atoms with E-state index in [4.69, 9.17) is 0 Å². The van der Waals surface area contributed by atoms with Crippen molar-refractivity contribution in [2.45, 2.75) is 44.6 Å². The average molecular weight is 297 g/mol. The molecule has 1 saturated carbocycles. The van der Waals surface area contributed by atoms with Crippen LogP contribution in [0.2, 0.25) is 0 Å². The second-order valence-corrected chi connectivity index (χ2v) is 5.67. The molecule has 0 atom stereocenters. The third kappa shape index (κ3) is 3.06. The standard InChI is InChI=1S/C13H17BrN2O/c1-13(7-3-2-4-8-13)16-12(17)10-6-5-9-15-11(10)14/h5-6,9H,2-4,7-8H2,1H3,(H,16,17). The van der Waals surface area contributed by atoms with E-state index < -0.39 is 0 Å². The number of pyridine rings is 1. The molecule has 1 N–H and O–H groups in total. The Hall–Kier alpha value is -0.900. The number of nitrogens with one attached hydrogen (secondary N) is 1. The van der Waals surface area contributed by atoms with Gasteiger partial charge in [-0.25, -0.2) is 4.98 Å². The minimum atomic E-state index is -0.0510. The van der Waals surface area contributed by atoms with Gasteiger partial charge in [0.25, 0.3) is 5.91 Å². The summed E-state index contributed by atoms with van der Waals surface area (Å²) >= 11 is 3.31. The van der Waals surface area contributed by atoms with Crippen LogP contribution in [0.15, 0.2) is 22.9 Å². The summed E-state index contributed by atoms with van der Waals surface area (Å²) in [5.41, 5.74) is 0.559. The smallest absolute Gasteiger partial charge is 0.254 e. The number of amides is 1. The van der Waals surface area contributed by atoms with Crippen LogP contribution in [0.5, 0.6) is 0 Å². The molecular formula is C13H17BrN2O. The fourth-order valence-electron chi connectivity index (χ4n) is 2.35. The molecule has 3 nitrogen and oxygen atoms in total. The lowest BCUT2D eigenvalue weighted by molar-refractivity contribution is 0.0881. The van der Waals surface area contributed by atoms with E-state index in [0.29, 0.717) is 10.2 Å². The van der Waals surface area contributed by atoms with E-state index in [0.717, 1.165) is 12.8 Å². The molecule has 1 aliphatic carbocycles. The van der Waals surface area contributed by atoms with Gasteiger partial charge in [-0.3, -0.25) is 4.79 Å². The predicted molar refractivity (Wildman–Crippen MR) is 70.9 cm³/mol. The zero-order valence-corrected chi connectivity index (χ0v) is 11.6. The van der Waals surface area contributed by atoms with Crippen LogP contribution in [-0.4, -0.2) is 16.4 Å². The highest BCUT2D eigenvalue weighted by atomic mass is 79.9. The molecule has 0 spiro atoms. The highest BCUT2D eigenvalue weighted by Crippen LogP contribution is 2.28. The Balaban J connectivity index is 2.09. The number of hydrogen-bond acceptors (Lipinski definition) is 2. The first-order valence-electron chi connectivity index (χ1n) is 6.04. The van der Waals surface area contributed by atoms with Crippen molar-refractivity contribution < 1.29 is 4.79 Å². The first kappa shape index (κ1) is 12.6. The zero-order valence-electron chi connectivity index (χ0n) is 10.0. The molecule has 0 saturated heterocycles. The van der Waals surface area contributed by atoms with Gasteiger partial charge in [0, 0.05) is 11.7 Å². The van der Waals surface area contributed by atoms with Crippen molar-refractivity contribution in [3.63, 3.8) is 0 Å². The lowest BCUT2D eigenvalue weighted by Gasteiger charge is -2.34. The fourth-order valence-corrected chi connectivity index (χ4v) is 2.78. The summed E-state index contributed by atoms with van der Waals surface area (Å²) < 4.78 is 0.608. The summed E-state index contributed by atoms with van der Waals surface area (Å²) in [5, 5.41) is 3.14. The molecule has 17 heavy (non-hydrogen) atoms. The van der Waals surface area contributed by atoms with Crippen LogP contribution < -0.4 is 5.32 Å². The van der Waals surface area contributed by atoms with Crippen molar-refractivity contribution in [1.29, 1.82) is 0 Å². The molecule has 1 amide bonds.